The molecule has 1 N–H and O–H groups in total. The van der Waals surface area contributed by atoms with Crippen LogP contribution in [-0.4, -0.2) is 11.5 Å². The van der Waals surface area contributed by atoms with Gasteiger partial charge in [0.25, 0.3) is 0 Å². The zero-order chi connectivity index (χ0) is 11.5. The number of hydrogen-bond donors (Lipinski definition) is 1. The minimum absolute atomic E-state index is 0.399. The molecule has 0 fully saturated rings. The van der Waals surface area contributed by atoms with Gasteiger partial charge in [-0.3, -0.25) is 4.98 Å². The van der Waals surface area contributed by atoms with Crippen molar-refractivity contribution >= 4 is 10.9 Å². The van der Waals surface area contributed by atoms with E-state index >= 15 is 0 Å². The molecule has 0 saturated carbocycles. The monoisotopic (exact) mass is 214 g/mol. The Morgan fingerprint density at radius 3 is 2.81 bits per heavy atom. The summed E-state index contributed by atoms with van der Waals surface area (Å²) in [5.41, 5.74) is 3.47. The van der Waals surface area contributed by atoms with Crippen LogP contribution in [0.3, 0.4) is 0 Å². The fourth-order valence-electron chi connectivity index (χ4n) is 1.94. The lowest BCUT2D eigenvalue weighted by atomic mass is 10.1. The molecule has 2 heteroatoms. The first-order valence-corrected chi connectivity index (χ1v) is 5.81. The summed E-state index contributed by atoms with van der Waals surface area (Å²) < 4.78 is 0. The number of nitrogens with one attached hydrogen (secondary N) is 1. The predicted molar refractivity (Wildman–Crippen MR) is 68.6 cm³/mol. The third kappa shape index (κ3) is 2.22. The molecule has 1 aromatic carbocycles. The van der Waals surface area contributed by atoms with Gasteiger partial charge in [-0.25, -0.2) is 0 Å². The van der Waals surface area contributed by atoms with Crippen molar-refractivity contribution in [2.24, 2.45) is 0 Å². The third-order valence-corrected chi connectivity index (χ3v) is 2.86. The lowest BCUT2D eigenvalue weighted by Crippen LogP contribution is -2.17. The number of aromatic nitrogens is 1. The fourth-order valence-corrected chi connectivity index (χ4v) is 1.94. The van der Waals surface area contributed by atoms with Gasteiger partial charge in [-0.2, -0.15) is 0 Å². The molecule has 1 atom stereocenters. The maximum Gasteiger partial charge on any atom is 0.0705 e. The van der Waals surface area contributed by atoms with Crippen molar-refractivity contribution in [2.45, 2.75) is 26.8 Å². The van der Waals surface area contributed by atoms with E-state index in [1.54, 1.807) is 0 Å². The van der Waals surface area contributed by atoms with Gasteiger partial charge in [-0.05, 0) is 44.2 Å². The molecular weight excluding hydrogens is 196 g/mol. The molecule has 0 aliphatic rings. The highest BCUT2D eigenvalue weighted by atomic mass is 14.9. The summed E-state index contributed by atoms with van der Waals surface area (Å²) in [4.78, 5) is 4.50. The molecule has 0 saturated heterocycles. The Morgan fingerprint density at radius 2 is 2.06 bits per heavy atom. The van der Waals surface area contributed by atoms with Crippen molar-refractivity contribution in [3.05, 3.63) is 41.6 Å². The zero-order valence-electron chi connectivity index (χ0n) is 10.1. The predicted octanol–water partition coefficient (Wildman–Crippen LogP) is 3.21. The third-order valence-electron chi connectivity index (χ3n) is 2.86. The van der Waals surface area contributed by atoms with Crippen LogP contribution in [-0.2, 0) is 0 Å². The van der Waals surface area contributed by atoms with Crippen LogP contribution in [0.25, 0.3) is 10.9 Å². The molecule has 2 aromatic rings. The molecular formula is C14H18N2. The first-order valence-electron chi connectivity index (χ1n) is 5.81. The minimum Gasteiger partial charge on any atom is -0.310 e. The molecule has 0 radical (unpaired) electrons. The van der Waals surface area contributed by atoms with Crippen molar-refractivity contribution < 1.29 is 0 Å². The van der Waals surface area contributed by atoms with Crippen LogP contribution in [0.1, 0.15) is 31.1 Å². The van der Waals surface area contributed by atoms with Gasteiger partial charge < -0.3 is 5.32 Å². The van der Waals surface area contributed by atoms with E-state index in [9.17, 15) is 0 Å². The smallest absolute Gasteiger partial charge is 0.0705 e. The number of nitrogens with zero attached hydrogens (tertiary/aromatic N) is 1. The number of hydrogen-bond acceptors (Lipinski definition) is 2. The van der Waals surface area contributed by atoms with E-state index in [2.05, 4.69) is 54.5 Å². The lowest BCUT2D eigenvalue weighted by molar-refractivity contribution is 0.599. The van der Waals surface area contributed by atoms with E-state index in [1.165, 1.54) is 10.9 Å². The topological polar surface area (TPSA) is 24.9 Å². The summed E-state index contributed by atoms with van der Waals surface area (Å²) in [7, 11) is 0. The Bertz CT molecular complexity index is 491. The summed E-state index contributed by atoms with van der Waals surface area (Å²) in [5.74, 6) is 0. The standard InChI is InChI=1S/C14H18N2/c1-4-15-11(3)12-7-8-14-13(9-12)6-5-10(2)16-14/h5-9,11,15H,4H2,1-3H3. The largest absolute Gasteiger partial charge is 0.310 e. The SMILES string of the molecule is CCNC(C)c1ccc2nc(C)ccc2c1. The van der Waals surface area contributed by atoms with Gasteiger partial charge in [0, 0.05) is 17.1 Å². The second-order valence-electron chi connectivity index (χ2n) is 4.18. The highest BCUT2D eigenvalue weighted by Crippen LogP contribution is 2.19. The first kappa shape index (κ1) is 11.1. The molecule has 0 amide bonds. The van der Waals surface area contributed by atoms with E-state index in [0.29, 0.717) is 6.04 Å². The van der Waals surface area contributed by atoms with E-state index in [4.69, 9.17) is 0 Å². The number of pyridine rings is 1. The van der Waals surface area contributed by atoms with Crippen molar-refractivity contribution in [1.29, 1.82) is 0 Å². The van der Waals surface area contributed by atoms with E-state index in [1.807, 2.05) is 6.92 Å². The molecule has 0 aliphatic heterocycles. The van der Waals surface area contributed by atoms with Crippen molar-refractivity contribution in [2.75, 3.05) is 6.54 Å². The Kier molecular flexibility index (Phi) is 3.20. The van der Waals surface area contributed by atoms with Gasteiger partial charge in [0.05, 0.1) is 5.52 Å². The summed E-state index contributed by atoms with van der Waals surface area (Å²) in [5, 5.41) is 4.63. The highest BCUT2D eigenvalue weighted by Gasteiger charge is 2.04. The van der Waals surface area contributed by atoms with Gasteiger partial charge in [-0.15, -0.1) is 0 Å². The lowest BCUT2D eigenvalue weighted by Gasteiger charge is -2.13. The van der Waals surface area contributed by atoms with E-state index in [-0.39, 0.29) is 0 Å². The molecule has 2 nitrogen and oxygen atoms in total. The molecule has 0 bridgehead atoms. The molecule has 84 valence electrons. The van der Waals surface area contributed by atoms with E-state index < -0.39 is 0 Å². The van der Waals surface area contributed by atoms with Crippen LogP contribution in [0, 0.1) is 6.92 Å². The van der Waals surface area contributed by atoms with Gasteiger partial charge in [0.1, 0.15) is 0 Å². The summed E-state index contributed by atoms with van der Waals surface area (Å²) in [6, 6.07) is 11.1. The summed E-state index contributed by atoms with van der Waals surface area (Å²) in [6.45, 7) is 7.33. The Balaban J connectivity index is 2.40. The maximum atomic E-state index is 4.50. The molecule has 1 unspecified atom stereocenters. The molecule has 0 aliphatic carbocycles. The second kappa shape index (κ2) is 4.62. The maximum absolute atomic E-state index is 4.50. The Hall–Kier alpha value is -1.41. The molecule has 1 aromatic heterocycles. The van der Waals surface area contributed by atoms with Crippen molar-refractivity contribution in [3.8, 4) is 0 Å². The van der Waals surface area contributed by atoms with Crippen LogP contribution in [0.4, 0.5) is 0 Å². The van der Waals surface area contributed by atoms with Crippen molar-refractivity contribution in [1.82, 2.24) is 10.3 Å². The van der Waals surface area contributed by atoms with Crippen LogP contribution in [0.15, 0.2) is 30.3 Å². The van der Waals surface area contributed by atoms with Crippen LogP contribution in [0.2, 0.25) is 0 Å². The van der Waals surface area contributed by atoms with Crippen LogP contribution in [0.5, 0.6) is 0 Å². The average molecular weight is 214 g/mol. The quantitative estimate of drug-likeness (QED) is 0.848. The fraction of sp³-hybridized carbons (Fsp3) is 0.357. The van der Waals surface area contributed by atoms with Gasteiger partial charge in [-0.1, -0.05) is 19.1 Å². The summed E-state index contributed by atoms with van der Waals surface area (Å²) >= 11 is 0. The zero-order valence-corrected chi connectivity index (χ0v) is 10.1. The molecule has 16 heavy (non-hydrogen) atoms. The normalized spacial score (nSPS) is 12.9. The first-order chi connectivity index (χ1) is 7.70. The highest BCUT2D eigenvalue weighted by molar-refractivity contribution is 5.79. The number of rotatable bonds is 3. The van der Waals surface area contributed by atoms with Gasteiger partial charge in [0.2, 0.25) is 0 Å². The molecule has 1 heterocycles. The minimum atomic E-state index is 0.399. The van der Waals surface area contributed by atoms with Gasteiger partial charge in [0.15, 0.2) is 0 Å². The molecule has 0 spiro atoms. The van der Waals surface area contributed by atoms with Gasteiger partial charge >= 0.3 is 0 Å². The molecule has 2 rings (SSSR count). The average Bonchev–Trinajstić information content (AvgIpc) is 2.28. The van der Waals surface area contributed by atoms with Crippen LogP contribution < -0.4 is 5.32 Å². The van der Waals surface area contributed by atoms with E-state index in [0.717, 1.165) is 17.8 Å². The van der Waals surface area contributed by atoms with Crippen molar-refractivity contribution in [3.63, 3.8) is 0 Å². The Labute approximate surface area is 96.7 Å². The number of aryl methyl sites for hydroxylation is 1. The number of fused-ring (bicyclic) bond motifs is 1. The second-order valence-corrected chi connectivity index (χ2v) is 4.18. The number of benzene rings is 1. The summed E-state index contributed by atoms with van der Waals surface area (Å²) in [6.07, 6.45) is 0. The van der Waals surface area contributed by atoms with Crippen LogP contribution >= 0.6 is 0 Å². The Morgan fingerprint density at radius 1 is 1.25 bits per heavy atom.